The molecule has 81 valence electrons. The first-order chi connectivity index (χ1) is 7.40. The molecule has 0 atom stereocenters. The number of piperazine rings is 1. The summed E-state index contributed by atoms with van der Waals surface area (Å²) in [5.74, 6) is 1.00. The van der Waals surface area contributed by atoms with Gasteiger partial charge >= 0.3 is 0 Å². The highest BCUT2D eigenvalue weighted by atomic mass is 16.3. The van der Waals surface area contributed by atoms with Gasteiger partial charge in [-0.05, 0) is 18.2 Å². The van der Waals surface area contributed by atoms with Gasteiger partial charge in [-0.25, -0.2) is 4.98 Å². The van der Waals surface area contributed by atoms with Gasteiger partial charge in [0.1, 0.15) is 5.82 Å². The molecule has 1 aliphatic rings. The quantitative estimate of drug-likeness (QED) is 0.755. The van der Waals surface area contributed by atoms with Crippen molar-refractivity contribution in [3.63, 3.8) is 0 Å². The first-order valence-electron chi connectivity index (χ1n) is 5.30. The van der Waals surface area contributed by atoms with Crippen LogP contribution in [0.3, 0.4) is 0 Å². The van der Waals surface area contributed by atoms with Crippen LogP contribution in [0.2, 0.25) is 0 Å². The lowest BCUT2D eigenvalue weighted by molar-refractivity contribution is 0.188. The summed E-state index contributed by atoms with van der Waals surface area (Å²) in [6.45, 7) is 4.98. The molecule has 0 aliphatic carbocycles. The number of aliphatic hydroxyl groups is 1. The van der Waals surface area contributed by atoms with Gasteiger partial charge < -0.3 is 10.0 Å². The summed E-state index contributed by atoms with van der Waals surface area (Å²) in [6, 6.07) is 6.77. The molecule has 1 fully saturated rings. The zero-order valence-electron chi connectivity index (χ0n) is 8.76. The number of nitrogens with zero attached hydrogens (tertiary/aromatic N) is 3. The second kappa shape index (κ2) is 5.09. The van der Waals surface area contributed by atoms with E-state index in [1.165, 1.54) is 0 Å². The highest BCUT2D eigenvalue weighted by Crippen LogP contribution is 2.11. The van der Waals surface area contributed by atoms with E-state index in [9.17, 15) is 0 Å². The molecule has 1 aromatic rings. The van der Waals surface area contributed by atoms with Gasteiger partial charge in [0.15, 0.2) is 0 Å². The Bertz CT molecular complexity index is 283. The van der Waals surface area contributed by atoms with Gasteiger partial charge in [-0.1, -0.05) is 0 Å². The summed E-state index contributed by atoms with van der Waals surface area (Å²) in [5, 5.41) is 8.83. The van der Waals surface area contributed by atoms with E-state index in [0.717, 1.165) is 38.5 Å². The Balaban J connectivity index is 1.88. The molecule has 0 spiro atoms. The summed E-state index contributed by atoms with van der Waals surface area (Å²) in [6.07, 6.45) is 1.77. The van der Waals surface area contributed by atoms with Crippen LogP contribution in [-0.4, -0.2) is 54.3 Å². The molecular weight excluding hydrogens is 190 g/mol. The van der Waals surface area contributed by atoms with E-state index in [4.69, 9.17) is 5.11 Å². The molecule has 0 unspecified atom stereocenters. The number of hydrogen-bond acceptors (Lipinski definition) is 4. The van der Waals surface area contributed by atoms with Crippen LogP contribution in [0, 0.1) is 6.07 Å². The molecule has 1 saturated heterocycles. The predicted octanol–water partition coefficient (Wildman–Crippen LogP) is -0.00391. The van der Waals surface area contributed by atoms with Gasteiger partial charge in [0, 0.05) is 38.9 Å². The molecule has 1 aromatic heterocycles. The maximum atomic E-state index is 8.83. The van der Waals surface area contributed by atoms with Crippen molar-refractivity contribution in [3.05, 3.63) is 24.4 Å². The van der Waals surface area contributed by atoms with Crippen LogP contribution in [-0.2, 0) is 0 Å². The van der Waals surface area contributed by atoms with Crippen molar-refractivity contribution in [2.75, 3.05) is 44.2 Å². The standard InChI is InChI=1S/C11H16N3O/c15-10-9-13-5-7-14(8-6-13)11-3-1-2-4-12-11/h2-4,15H,5-10H2. The molecule has 0 saturated carbocycles. The molecule has 15 heavy (non-hydrogen) atoms. The number of aromatic nitrogens is 1. The van der Waals surface area contributed by atoms with E-state index in [1.807, 2.05) is 12.1 Å². The van der Waals surface area contributed by atoms with Crippen LogP contribution >= 0.6 is 0 Å². The zero-order chi connectivity index (χ0) is 10.5. The topological polar surface area (TPSA) is 39.6 Å². The van der Waals surface area contributed by atoms with Crippen LogP contribution in [0.1, 0.15) is 0 Å². The summed E-state index contributed by atoms with van der Waals surface area (Å²) >= 11 is 0. The van der Waals surface area contributed by atoms with Gasteiger partial charge in [0.25, 0.3) is 0 Å². The molecule has 1 N–H and O–H groups in total. The van der Waals surface area contributed by atoms with Crippen molar-refractivity contribution in [2.24, 2.45) is 0 Å². The van der Waals surface area contributed by atoms with Crippen molar-refractivity contribution < 1.29 is 5.11 Å². The van der Waals surface area contributed by atoms with Crippen LogP contribution in [0.5, 0.6) is 0 Å². The minimum absolute atomic E-state index is 0.247. The predicted molar refractivity (Wildman–Crippen MR) is 58.8 cm³/mol. The van der Waals surface area contributed by atoms with Crippen LogP contribution in [0.4, 0.5) is 5.82 Å². The smallest absolute Gasteiger partial charge is 0.129 e. The van der Waals surface area contributed by atoms with Crippen LogP contribution in [0.15, 0.2) is 18.3 Å². The third-order valence-electron chi connectivity index (χ3n) is 2.70. The lowest BCUT2D eigenvalue weighted by atomic mass is 10.3. The van der Waals surface area contributed by atoms with E-state index in [-0.39, 0.29) is 6.61 Å². The lowest BCUT2D eigenvalue weighted by Crippen LogP contribution is -2.47. The maximum Gasteiger partial charge on any atom is 0.129 e. The van der Waals surface area contributed by atoms with E-state index >= 15 is 0 Å². The van der Waals surface area contributed by atoms with Gasteiger partial charge in [0.2, 0.25) is 0 Å². The Hall–Kier alpha value is -1.13. The maximum absolute atomic E-state index is 8.83. The molecular formula is C11H16N3O. The Morgan fingerprint density at radius 3 is 2.73 bits per heavy atom. The minimum atomic E-state index is 0.247. The van der Waals surface area contributed by atoms with E-state index < -0.39 is 0 Å². The van der Waals surface area contributed by atoms with Crippen molar-refractivity contribution in [1.29, 1.82) is 0 Å². The number of pyridine rings is 1. The summed E-state index contributed by atoms with van der Waals surface area (Å²) in [4.78, 5) is 8.82. The highest BCUT2D eigenvalue weighted by molar-refractivity contribution is 5.37. The number of rotatable bonds is 3. The third-order valence-corrected chi connectivity index (χ3v) is 2.70. The molecule has 2 heterocycles. The molecule has 0 bridgehead atoms. The second-order valence-electron chi connectivity index (χ2n) is 3.67. The monoisotopic (exact) mass is 206 g/mol. The summed E-state index contributed by atoms with van der Waals surface area (Å²) in [5.41, 5.74) is 0. The normalized spacial score (nSPS) is 18.1. The summed E-state index contributed by atoms with van der Waals surface area (Å²) in [7, 11) is 0. The largest absolute Gasteiger partial charge is 0.395 e. The van der Waals surface area contributed by atoms with Gasteiger partial charge in [-0.2, -0.15) is 0 Å². The highest BCUT2D eigenvalue weighted by Gasteiger charge is 2.16. The van der Waals surface area contributed by atoms with Gasteiger partial charge in [-0.15, -0.1) is 0 Å². The first-order valence-corrected chi connectivity index (χ1v) is 5.30. The van der Waals surface area contributed by atoms with E-state index in [2.05, 4.69) is 20.9 Å². The van der Waals surface area contributed by atoms with Crippen LogP contribution < -0.4 is 4.90 Å². The van der Waals surface area contributed by atoms with Crippen molar-refractivity contribution >= 4 is 5.82 Å². The lowest BCUT2D eigenvalue weighted by Gasteiger charge is -2.34. The Morgan fingerprint density at radius 2 is 2.13 bits per heavy atom. The van der Waals surface area contributed by atoms with Gasteiger partial charge in [0.05, 0.1) is 6.61 Å². The fourth-order valence-electron chi connectivity index (χ4n) is 1.83. The molecule has 0 aromatic carbocycles. The fourth-order valence-corrected chi connectivity index (χ4v) is 1.83. The first kappa shape index (κ1) is 10.4. The molecule has 4 heteroatoms. The number of β-amino-alcohol motifs (C(OH)–C–C–N with tert-alkyl or cyclic N) is 1. The van der Waals surface area contributed by atoms with Crippen molar-refractivity contribution in [1.82, 2.24) is 9.88 Å². The SMILES string of the molecule is OCCN1CCN(c2c[c]ccn2)CC1. The number of hydrogen-bond donors (Lipinski definition) is 1. The zero-order valence-corrected chi connectivity index (χ0v) is 8.76. The number of anilines is 1. The molecule has 4 nitrogen and oxygen atoms in total. The molecule has 0 amide bonds. The Labute approximate surface area is 90.1 Å². The van der Waals surface area contributed by atoms with Gasteiger partial charge in [-0.3, -0.25) is 4.90 Å². The van der Waals surface area contributed by atoms with E-state index in [0.29, 0.717) is 0 Å². The Kier molecular flexibility index (Phi) is 3.53. The third kappa shape index (κ3) is 2.67. The average molecular weight is 206 g/mol. The average Bonchev–Trinajstić information content (AvgIpc) is 2.32. The number of aliphatic hydroxyl groups excluding tert-OH is 1. The molecule has 1 aliphatic heterocycles. The summed E-state index contributed by atoms with van der Waals surface area (Å²) < 4.78 is 0. The van der Waals surface area contributed by atoms with Crippen molar-refractivity contribution in [3.8, 4) is 0 Å². The minimum Gasteiger partial charge on any atom is -0.395 e. The Morgan fingerprint density at radius 1 is 1.33 bits per heavy atom. The second-order valence-corrected chi connectivity index (χ2v) is 3.67. The fraction of sp³-hybridized carbons (Fsp3) is 0.545. The molecule has 1 radical (unpaired) electrons. The van der Waals surface area contributed by atoms with Crippen molar-refractivity contribution in [2.45, 2.75) is 0 Å². The van der Waals surface area contributed by atoms with Crippen LogP contribution in [0.25, 0.3) is 0 Å². The molecule has 2 rings (SSSR count). The van der Waals surface area contributed by atoms with E-state index in [1.54, 1.807) is 6.20 Å².